The smallest absolute Gasteiger partial charge is 0.317 e. The molecule has 1 atom stereocenters. The summed E-state index contributed by atoms with van der Waals surface area (Å²) in [6.45, 7) is 1.37. The van der Waals surface area contributed by atoms with E-state index in [4.69, 9.17) is 14.1 Å². The van der Waals surface area contributed by atoms with Gasteiger partial charge in [-0.15, -0.1) is 5.10 Å². The number of fused-ring (bicyclic) bond motifs is 1. The van der Waals surface area contributed by atoms with E-state index in [-0.39, 0.29) is 17.8 Å². The molecule has 152 valence electrons. The van der Waals surface area contributed by atoms with Crippen LogP contribution in [0.4, 0.5) is 11.7 Å². The monoisotopic (exact) mass is 403 g/mol. The Morgan fingerprint density at radius 2 is 1.73 bits per heavy atom. The lowest BCUT2D eigenvalue weighted by Crippen LogP contribution is -2.32. The van der Waals surface area contributed by atoms with Crippen molar-refractivity contribution in [2.45, 2.75) is 24.9 Å². The summed E-state index contributed by atoms with van der Waals surface area (Å²) < 4.78 is 11.2. The van der Waals surface area contributed by atoms with Crippen LogP contribution in [-0.2, 0) is 9.53 Å². The molecular formula is C22H21N5O3. The maximum absolute atomic E-state index is 12.9. The average Bonchev–Trinajstić information content (AvgIpc) is 3.21. The van der Waals surface area contributed by atoms with Crippen molar-refractivity contribution in [3.8, 4) is 0 Å². The van der Waals surface area contributed by atoms with Crippen LogP contribution in [0.25, 0.3) is 0 Å². The molecule has 0 unspecified atom stereocenters. The fraction of sp³-hybridized carbons (Fsp3) is 0.273. The van der Waals surface area contributed by atoms with Crippen molar-refractivity contribution in [2.24, 2.45) is 4.99 Å². The average molecular weight is 403 g/mol. The lowest BCUT2D eigenvalue weighted by atomic mass is 10.0. The number of carbonyl (C=O) groups is 1. The van der Waals surface area contributed by atoms with Crippen LogP contribution in [0, 0.1) is 0 Å². The number of anilines is 2. The van der Waals surface area contributed by atoms with Gasteiger partial charge in [0.25, 0.3) is 5.91 Å². The Hall–Kier alpha value is -3.52. The zero-order chi connectivity index (χ0) is 20.3. The Morgan fingerprint density at radius 1 is 0.967 bits per heavy atom. The fourth-order valence-electron chi connectivity index (χ4n) is 3.70. The second kappa shape index (κ2) is 8.08. The van der Waals surface area contributed by atoms with Crippen LogP contribution in [0.2, 0.25) is 0 Å². The molecule has 0 bridgehead atoms. The number of aromatic nitrogens is 2. The number of nitrogens with one attached hydrogen (secondary N) is 2. The van der Waals surface area contributed by atoms with E-state index >= 15 is 0 Å². The van der Waals surface area contributed by atoms with Crippen molar-refractivity contribution < 1.29 is 13.9 Å². The highest BCUT2D eigenvalue weighted by Crippen LogP contribution is 2.28. The van der Waals surface area contributed by atoms with Gasteiger partial charge in [0.15, 0.2) is 0 Å². The molecule has 1 fully saturated rings. The maximum Gasteiger partial charge on any atom is 0.317 e. The lowest BCUT2D eigenvalue weighted by molar-refractivity contribution is -0.116. The Labute approximate surface area is 173 Å². The predicted molar refractivity (Wildman–Crippen MR) is 112 cm³/mol. The third-order valence-electron chi connectivity index (χ3n) is 5.27. The molecule has 1 amide bonds. The van der Waals surface area contributed by atoms with Gasteiger partial charge in [-0.05, 0) is 18.9 Å². The van der Waals surface area contributed by atoms with Crippen molar-refractivity contribution in [1.29, 1.82) is 0 Å². The number of aliphatic imine (C=N–C) groups is 1. The van der Waals surface area contributed by atoms with Crippen LogP contribution in [0.5, 0.6) is 0 Å². The van der Waals surface area contributed by atoms with Gasteiger partial charge in [0.1, 0.15) is 0 Å². The molecule has 2 aliphatic rings. The van der Waals surface area contributed by atoms with Crippen molar-refractivity contribution in [1.82, 2.24) is 10.2 Å². The van der Waals surface area contributed by atoms with Crippen LogP contribution in [-0.4, -0.2) is 41.2 Å². The van der Waals surface area contributed by atoms with Gasteiger partial charge >= 0.3 is 6.01 Å². The number of carbonyl (C=O) groups excluding carboxylic acids is 1. The first kappa shape index (κ1) is 18.5. The summed E-state index contributed by atoms with van der Waals surface area (Å²) in [5, 5.41) is 14.2. The second-order valence-corrected chi connectivity index (χ2v) is 7.26. The first-order valence-electron chi connectivity index (χ1n) is 9.99. The van der Waals surface area contributed by atoms with E-state index in [1.165, 1.54) is 0 Å². The number of hydrogen-bond acceptors (Lipinski definition) is 7. The molecule has 8 nitrogen and oxygen atoms in total. The van der Waals surface area contributed by atoms with Crippen LogP contribution >= 0.6 is 0 Å². The van der Waals surface area contributed by atoms with Gasteiger partial charge in [-0.2, -0.15) is 0 Å². The van der Waals surface area contributed by atoms with E-state index in [1.54, 1.807) is 0 Å². The molecule has 0 aliphatic carbocycles. The van der Waals surface area contributed by atoms with E-state index in [2.05, 4.69) is 20.8 Å². The zero-order valence-corrected chi connectivity index (χ0v) is 16.2. The SMILES string of the molecule is O=C1Nc2ccccc2C(c2ccccc2)=N[C@@H]1Nc1nnc(C2CCOCC2)o1. The van der Waals surface area contributed by atoms with Crippen LogP contribution < -0.4 is 10.6 Å². The zero-order valence-electron chi connectivity index (χ0n) is 16.2. The Morgan fingerprint density at radius 3 is 2.57 bits per heavy atom. The molecule has 30 heavy (non-hydrogen) atoms. The van der Waals surface area contributed by atoms with E-state index in [1.807, 2.05) is 54.6 Å². The maximum atomic E-state index is 12.9. The van der Waals surface area contributed by atoms with Gasteiger partial charge in [-0.25, -0.2) is 4.99 Å². The van der Waals surface area contributed by atoms with Gasteiger partial charge in [0.2, 0.25) is 12.1 Å². The van der Waals surface area contributed by atoms with Gasteiger partial charge < -0.3 is 19.8 Å². The molecule has 1 aromatic heterocycles. The second-order valence-electron chi connectivity index (χ2n) is 7.26. The molecule has 2 aromatic carbocycles. The van der Waals surface area contributed by atoms with Crippen molar-refractivity contribution in [3.63, 3.8) is 0 Å². The summed E-state index contributed by atoms with van der Waals surface area (Å²) in [6.07, 6.45) is 0.782. The molecule has 3 heterocycles. The number of nitrogens with zero attached hydrogens (tertiary/aromatic N) is 3. The summed E-state index contributed by atoms with van der Waals surface area (Å²) in [5.41, 5.74) is 3.20. The number of amides is 1. The van der Waals surface area contributed by atoms with Gasteiger partial charge in [0, 0.05) is 30.3 Å². The molecule has 8 heteroatoms. The number of para-hydroxylation sites is 1. The van der Waals surface area contributed by atoms with Gasteiger partial charge in [0.05, 0.1) is 11.4 Å². The lowest BCUT2D eigenvalue weighted by Gasteiger charge is -2.18. The van der Waals surface area contributed by atoms with E-state index in [9.17, 15) is 4.79 Å². The minimum atomic E-state index is -0.907. The van der Waals surface area contributed by atoms with Crippen LogP contribution in [0.3, 0.4) is 0 Å². The molecule has 1 saturated heterocycles. The van der Waals surface area contributed by atoms with Crippen LogP contribution in [0.1, 0.15) is 35.8 Å². The van der Waals surface area contributed by atoms with E-state index < -0.39 is 6.17 Å². The summed E-state index contributed by atoms with van der Waals surface area (Å²) in [4.78, 5) is 17.6. The molecule has 3 aromatic rings. The number of benzene rings is 2. The normalized spacial score (nSPS) is 19.4. The Balaban J connectivity index is 1.46. The van der Waals surface area contributed by atoms with E-state index in [0.29, 0.717) is 30.5 Å². The van der Waals surface area contributed by atoms with E-state index in [0.717, 1.165) is 24.0 Å². The minimum absolute atomic E-state index is 0.178. The van der Waals surface area contributed by atoms with Crippen LogP contribution in [0.15, 0.2) is 64.0 Å². The fourth-order valence-corrected chi connectivity index (χ4v) is 3.70. The molecule has 5 rings (SSSR count). The highest BCUT2D eigenvalue weighted by Gasteiger charge is 2.28. The molecule has 0 radical (unpaired) electrons. The van der Waals surface area contributed by atoms with Crippen molar-refractivity contribution >= 4 is 23.3 Å². The number of ether oxygens (including phenoxy) is 1. The largest absolute Gasteiger partial charge is 0.408 e. The highest BCUT2D eigenvalue weighted by molar-refractivity contribution is 6.19. The topological polar surface area (TPSA) is 102 Å². The first-order valence-corrected chi connectivity index (χ1v) is 9.99. The first-order chi connectivity index (χ1) is 14.8. The van der Waals surface area contributed by atoms with Gasteiger partial charge in [-0.1, -0.05) is 53.6 Å². The Kier molecular flexibility index (Phi) is 4.98. The summed E-state index contributed by atoms with van der Waals surface area (Å²) in [5.74, 6) is 0.446. The summed E-state index contributed by atoms with van der Waals surface area (Å²) in [7, 11) is 0. The number of benzodiazepines with no additional fused rings is 1. The molecule has 2 aliphatic heterocycles. The van der Waals surface area contributed by atoms with Gasteiger partial charge in [-0.3, -0.25) is 4.79 Å². The number of hydrogen-bond donors (Lipinski definition) is 2. The quantitative estimate of drug-likeness (QED) is 0.694. The number of rotatable bonds is 4. The van der Waals surface area contributed by atoms with Crippen molar-refractivity contribution in [3.05, 3.63) is 71.6 Å². The summed E-state index contributed by atoms with van der Waals surface area (Å²) in [6, 6.07) is 17.6. The molecule has 2 N–H and O–H groups in total. The van der Waals surface area contributed by atoms with Crippen molar-refractivity contribution in [2.75, 3.05) is 23.8 Å². The standard InChI is InChI=1S/C22H21N5O3/c28-20-19(25-22-27-26-21(30-22)15-10-12-29-13-11-15)24-18(14-6-2-1-3-7-14)16-8-4-5-9-17(16)23-20/h1-9,15,19H,10-13H2,(H,23,28)(H,25,27)/t19-/m1/s1. The molecular weight excluding hydrogens is 382 g/mol. The molecule has 0 saturated carbocycles. The predicted octanol–water partition coefficient (Wildman–Crippen LogP) is 3.19. The Bertz CT molecular complexity index is 1070. The highest BCUT2D eigenvalue weighted by atomic mass is 16.5. The minimum Gasteiger partial charge on any atom is -0.408 e. The third-order valence-corrected chi connectivity index (χ3v) is 5.27. The third kappa shape index (κ3) is 3.69. The summed E-state index contributed by atoms with van der Waals surface area (Å²) >= 11 is 0. The molecule has 0 spiro atoms.